The molecule has 7 heteroatoms. The maximum Gasteiger partial charge on any atom is 0.318 e. The Morgan fingerprint density at radius 2 is 2.28 bits per heavy atom. The van der Waals surface area contributed by atoms with Gasteiger partial charge in [0.2, 0.25) is 0 Å². The minimum Gasteiger partial charge on any atom is -0.490 e. The van der Waals surface area contributed by atoms with Gasteiger partial charge in [-0.25, -0.2) is 0 Å². The summed E-state index contributed by atoms with van der Waals surface area (Å²) in [6.07, 6.45) is 1.06. The molecule has 0 heterocycles. The first-order valence-corrected chi connectivity index (χ1v) is 4.74. The van der Waals surface area contributed by atoms with Gasteiger partial charge < -0.3 is 10.5 Å². The Morgan fingerprint density at radius 3 is 2.72 bits per heavy atom. The molecule has 18 heavy (non-hydrogen) atoms. The molecule has 1 aromatic rings. The van der Waals surface area contributed by atoms with Crippen molar-refractivity contribution in [1.82, 2.24) is 0 Å². The molecule has 0 aliphatic rings. The van der Waals surface area contributed by atoms with Gasteiger partial charge in [-0.15, -0.1) is 0 Å². The number of nitrogens with zero attached hydrogens (tertiary/aromatic N) is 2. The third kappa shape index (κ3) is 2.62. The van der Waals surface area contributed by atoms with Crippen LogP contribution in [0.2, 0.25) is 0 Å². The molecule has 7 nitrogen and oxygen atoms in total. The molecule has 0 radical (unpaired) electrons. The van der Waals surface area contributed by atoms with Gasteiger partial charge in [-0.3, -0.25) is 14.9 Å². The summed E-state index contributed by atoms with van der Waals surface area (Å²) in [6, 6.07) is 5.88. The monoisotopic (exact) mass is 247 g/mol. The summed E-state index contributed by atoms with van der Waals surface area (Å²) in [5, 5.41) is 19.6. The van der Waals surface area contributed by atoms with Gasteiger partial charge in [-0.2, -0.15) is 5.26 Å². The lowest BCUT2D eigenvalue weighted by atomic mass is 10.1. The fourth-order valence-electron chi connectivity index (χ4n) is 1.33. The molecular formula is C11H9N3O4. The second-order valence-electron chi connectivity index (χ2n) is 3.19. The summed E-state index contributed by atoms with van der Waals surface area (Å²) in [5.41, 5.74) is 4.35. The van der Waals surface area contributed by atoms with Gasteiger partial charge in [0.1, 0.15) is 11.6 Å². The zero-order valence-electron chi connectivity index (χ0n) is 9.41. The van der Waals surface area contributed by atoms with Crippen LogP contribution in [0.5, 0.6) is 5.75 Å². The average molecular weight is 247 g/mol. The van der Waals surface area contributed by atoms with Crippen molar-refractivity contribution in [2.75, 3.05) is 7.11 Å². The third-order valence-electron chi connectivity index (χ3n) is 2.12. The van der Waals surface area contributed by atoms with Crippen LogP contribution in [0.1, 0.15) is 5.56 Å². The molecule has 1 amide bonds. The zero-order valence-corrected chi connectivity index (χ0v) is 9.41. The summed E-state index contributed by atoms with van der Waals surface area (Å²) >= 11 is 0. The second kappa shape index (κ2) is 5.45. The molecule has 0 fully saturated rings. The second-order valence-corrected chi connectivity index (χ2v) is 3.19. The summed E-state index contributed by atoms with van der Waals surface area (Å²) in [5.74, 6) is -0.912. The Bertz CT molecular complexity index is 572. The normalized spacial score (nSPS) is 10.6. The van der Waals surface area contributed by atoms with Crippen molar-refractivity contribution in [1.29, 1.82) is 5.26 Å². The van der Waals surface area contributed by atoms with Crippen LogP contribution in [0.4, 0.5) is 5.69 Å². The number of ether oxygens (including phenoxy) is 1. The number of amides is 1. The standard InChI is InChI=1S/C11H9N3O4/c1-18-9-4-2-3-7(10(9)14(16)17)5-8(6-12)11(13)15/h2-5H,1H3,(H2,13,15)/b8-5+. The van der Waals surface area contributed by atoms with Gasteiger partial charge in [0.15, 0.2) is 5.75 Å². The number of nitrogens with two attached hydrogens (primary N) is 1. The lowest BCUT2D eigenvalue weighted by Crippen LogP contribution is -2.12. The van der Waals surface area contributed by atoms with Gasteiger partial charge >= 0.3 is 5.69 Å². The fourth-order valence-corrected chi connectivity index (χ4v) is 1.33. The van der Waals surface area contributed by atoms with E-state index in [1.165, 1.54) is 25.3 Å². The number of nitro groups is 1. The molecule has 0 unspecified atom stereocenters. The lowest BCUT2D eigenvalue weighted by Gasteiger charge is -2.03. The van der Waals surface area contributed by atoms with Crippen LogP contribution >= 0.6 is 0 Å². The molecular weight excluding hydrogens is 238 g/mol. The van der Waals surface area contributed by atoms with Crippen LogP contribution in [0.3, 0.4) is 0 Å². The molecule has 0 aliphatic carbocycles. The largest absolute Gasteiger partial charge is 0.490 e. The van der Waals surface area contributed by atoms with Gasteiger partial charge in [0.05, 0.1) is 17.6 Å². The molecule has 0 bridgehead atoms. The highest BCUT2D eigenvalue weighted by Gasteiger charge is 2.20. The number of methoxy groups -OCH3 is 1. The topological polar surface area (TPSA) is 119 Å². The van der Waals surface area contributed by atoms with Crippen molar-refractivity contribution in [2.24, 2.45) is 5.73 Å². The number of nitro benzene ring substituents is 1. The van der Waals surface area contributed by atoms with E-state index in [1.807, 2.05) is 0 Å². The van der Waals surface area contributed by atoms with Crippen molar-refractivity contribution in [3.8, 4) is 11.8 Å². The average Bonchev–Trinajstić information content (AvgIpc) is 2.34. The molecule has 2 N–H and O–H groups in total. The number of rotatable bonds is 4. The highest BCUT2D eigenvalue weighted by atomic mass is 16.6. The number of benzene rings is 1. The van der Waals surface area contributed by atoms with Crippen molar-refractivity contribution in [3.63, 3.8) is 0 Å². The van der Waals surface area contributed by atoms with E-state index in [2.05, 4.69) is 0 Å². The quantitative estimate of drug-likeness (QED) is 0.368. The predicted octanol–water partition coefficient (Wildman–Crippen LogP) is 0.996. The van der Waals surface area contributed by atoms with E-state index >= 15 is 0 Å². The van der Waals surface area contributed by atoms with Crippen LogP contribution in [-0.2, 0) is 4.79 Å². The minimum absolute atomic E-state index is 0.0375. The number of para-hydroxylation sites is 1. The zero-order chi connectivity index (χ0) is 13.7. The molecule has 0 aromatic heterocycles. The smallest absolute Gasteiger partial charge is 0.318 e. The van der Waals surface area contributed by atoms with Crippen molar-refractivity contribution < 1.29 is 14.5 Å². The summed E-state index contributed by atoms with van der Waals surface area (Å²) in [6.45, 7) is 0. The van der Waals surface area contributed by atoms with Gasteiger partial charge in [-0.1, -0.05) is 6.07 Å². The van der Waals surface area contributed by atoms with Gasteiger partial charge in [0, 0.05) is 0 Å². The van der Waals surface area contributed by atoms with Crippen LogP contribution in [0, 0.1) is 21.4 Å². The molecule has 0 spiro atoms. The number of primary amides is 1. The van der Waals surface area contributed by atoms with Gasteiger partial charge in [-0.05, 0) is 18.2 Å². The molecule has 1 rings (SSSR count). The summed E-state index contributed by atoms with van der Waals surface area (Å²) < 4.78 is 4.85. The van der Waals surface area contributed by atoms with Crippen molar-refractivity contribution in [2.45, 2.75) is 0 Å². The number of hydrogen-bond donors (Lipinski definition) is 1. The Hall–Kier alpha value is -2.88. The summed E-state index contributed by atoms with van der Waals surface area (Å²) in [4.78, 5) is 21.2. The molecule has 0 aliphatic heterocycles. The first-order chi connectivity index (χ1) is 8.51. The molecule has 92 valence electrons. The van der Waals surface area contributed by atoms with E-state index in [9.17, 15) is 14.9 Å². The summed E-state index contributed by atoms with van der Waals surface area (Å²) in [7, 11) is 1.29. The maximum atomic E-state index is 10.9. The van der Waals surface area contributed by atoms with E-state index in [4.69, 9.17) is 15.7 Å². The van der Waals surface area contributed by atoms with E-state index in [1.54, 1.807) is 6.07 Å². The SMILES string of the molecule is COc1cccc(/C=C(\C#N)C(N)=O)c1[N+](=O)[O-]. The predicted molar refractivity (Wildman–Crippen MR) is 62.4 cm³/mol. The lowest BCUT2D eigenvalue weighted by molar-refractivity contribution is -0.386. The van der Waals surface area contributed by atoms with E-state index in [-0.39, 0.29) is 22.6 Å². The Kier molecular flexibility index (Phi) is 3.99. The highest BCUT2D eigenvalue weighted by molar-refractivity contribution is 6.01. The first-order valence-electron chi connectivity index (χ1n) is 4.74. The Labute approximate surface area is 102 Å². The van der Waals surface area contributed by atoms with E-state index in [0.717, 1.165) is 6.08 Å². The van der Waals surface area contributed by atoms with Gasteiger partial charge in [0.25, 0.3) is 5.91 Å². The first kappa shape index (κ1) is 13.2. The fraction of sp³-hybridized carbons (Fsp3) is 0.0909. The van der Waals surface area contributed by atoms with Crippen LogP contribution in [-0.4, -0.2) is 17.9 Å². The van der Waals surface area contributed by atoms with E-state index < -0.39 is 10.8 Å². The van der Waals surface area contributed by atoms with Crippen LogP contribution in [0.25, 0.3) is 6.08 Å². The van der Waals surface area contributed by atoms with Crippen LogP contribution in [0.15, 0.2) is 23.8 Å². The molecule has 0 atom stereocenters. The Balaban J connectivity index is 3.47. The van der Waals surface area contributed by atoms with Crippen LogP contribution < -0.4 is 10.5 Å². The molecule has 0 saturated carbocycles. The number of nitriles is 1. The number of carbonyl (C=O) groups is 1. The van der Waals surface area contributed by atoms with E-state index in [0.29, 0.717) is 0 Å². The number of carbonyl (C=O) groups excluding carboxylic acids is 1. The highest BCUT2D eigenvalue weighted by Crippen LogP contribution is 2.31. The minimum atomic E-state index is -0.949. The van der Waals surface area contributed by atoms with Crippen molar-refractivity contribution >= 4 is 17.7 Å². The number of hydrogen-bond acceptors (Lipinski definition) is 5. The van der Waals surface area contributed by atoms with Crippen molar-refractivity contribution in [3.05, 3.63) is 39.4 Å². The molecule has 0 saturated heterocycles. The Morgan fingerprint density at radius 1 is 1.61 bits per heavy atom. The third-order valence-corrected chi connectivity index (χ3v) is 2.12. The maximum absolute atomic E-state index is 10.9. The molecule has 1 aromatic carbocycles.